The van der Waals surface area contributed by atoms with Crippen molar-refractivity contribution >= 4 is 0 Å². The van der Waals surface area contributed by atoms with E-state index < -0.39 is 11.1 Å². The first kappa shape index (κ1) is 19.3. The topological polar surface area (TPSA) is 78.6 Å². The van der Waals surface area contributed by atoms with E-state index in [0.717, 1.165) is 48.1 Å². The Balaban J connectivity index is 1.24. The highest BCUT2D eigenvalue weighted by Crippen LogP contribution is 2.38. The Morgan fingerprint density at radius 2 is 1.69 bits per heavy atom. The summed E-state index contributed by atoms with van der Waals surface area (Å²) in [4.78, 5) is 27.8. The van der Waals surface area contributed by atoms with Gasteiger partial charge in [-0.05, 0) is 30.2 Å². The fourth-order valence-corrected chi connectivity index (χ4v) is 5.08. The highest BCUT2D eigenvalue weighted by molar-refractivity contribution is 5.44. The van der Waals surface area contributed by atoms with Crippen LogP contribution in [0, 0.1) is 12.8 Å². The van der Waals surface area contributed by atoms with Gasteiger partial charge in [0.05, 0.1) is 6.54 Å². The van der Waals surface area contributed by atoms with Crippen molar-refractivity contribution in [3.8, 4) is 11.5 Å². The molecule has 0 amide bonds. The standard InChI is InChI=1S/C24H24N4O4/c1-15-2-4-16(5-3-15)10-28-24(30)23(29)27-12-18-11-26(13-19(18)22(27)25-28)9-17-6-7-20-21(8-17)32-14-31-20/h2-8,18-19H,9-14H2,1H3/t18-,19-/m1/s1. The van der Waals surface area contributed by atoms with Crippen molar-refractivity contribution in [1.29, 1.82) is 0 Å². The summed E-state index contributed by atoms with van der Waals surface area (Å²) >= 11 is 0. The zero-order chi connectivity index (χ0) is 21.8. The van der Waals surface area contributed by atoms with Crippen LogP contribution in [-0.4, -0.2) is 39.1 Å². The summed E-state index contributed by atoms with van der Waals surface area (Å²) in [5.74, 6) is 2.76. The zero-order valence-corrected chi connectivity index (χ0v) is 17.9. The van der Waals surface area contributed by atoms with Crippen LogP contribution in [0.2, 0.25) is 0 Å². The monoisotopic (exact) mass is 432 g/mol. The van der Waals surface area contributed by atoms with Crippen LogP contribution in [0.4, 0.5) is 0 Å². The minimum absolute atomic E-state index is 0.154. The molecule has 8 nitrogen and oxygen atoms in total. The first-order valence-corrected chi connectivity index (χ1v) is 10.9. The molecule has 3 aliphatic heterocycles. The SMILES string of the molecule is Cc1ccc(Cn2nc3n(c(=O)c2=O)C[C@H]2CN(Cc4ccc5c(c4)OCO5)C[C@@H]32)cc1. The maximum atomic E-state index is 12.8. The molecule has 0 radical (unpaired) electrons. The second kappa shape index (κ2) is 7.34. The number of aromatic nitrogens is 3. The predicted octanol–water partition coefficient (Wildman–Crippen LogP) is 1.72. The summed E-state index contributed by atoms with van der Waals surface area (Å²) in [5, 5.41) is 4.67. The third-order valence-electron chi connectivity index (χ3n) is 6.72. The summed E-state index contributed by atoms with van der Waals surface area (Å²) < 4.78 is 13.8. The first-order chi connectivity index (χ1) is 15.5. The van der Waals surface area contributed by atoms with Gasteiger partial charge in [0, 0.05) is 38.0 Å². The lowest BCUT2D eigenvalue weighted by Gasteiger charge is -2.18. The Kier molecular flexibility index (Phi) is 4.43. The summed E-state index contributed by atoms with van der Waals surface area (Å²) in [6, 6.07) is 14.0. The number of aryl methyl sites for hydroxylation is 1. The van der Waals surface area contributed by atoms with Gasteiger partial charge in [-0.2, -0.15) is 5.10 Å². The van der Waals surface area contributed by atoms with Gasteiger partial charge in [0.2, 0.25) is 6.79 Å². The van der Waals surface area contributed by atoms with Gasteiger partial charge >= 0.3 is 11.1 Å². The lowest BCUT2D eigenvalue weighted by molar-refractivity contribution is 0.174. The van der Waals surface area contributed by atoms with Crippen LogP contribution >= 0.6 is 0 Å². The van der Waals surface area contributed by atoms with E-state index in [2.05, 4.69) is 16.1 Å². The van der Waals surface area contributed by atoms with E-state index >= 15 is 0 Å². The maximum Gasteiger partial charge on any atom is 0.332 e. The molecule has 6 rings (SSSR count). The van der Waals surface area contributed by atoms with Gasteiger partial charge in [-0.15, -0.1) is 0 Å². The largest absolute Gasteiger partial charge is 0.454 e. The number of nitrogens with zero attached hydrogens (tertiary/aromatic N) is 4. The highest BCUT2D eigenvalue weighted by atomic mass is 16.7. The smallest absolute Gasteiger partial charge is 0.332 e. The molecule has 0 unspecified atom stereocenters. The van der Waals surface area contributed by atoms with E-state index in [9.17, 15) is 9.59 Å². The van der Waals surface area contributed by atoms with Crippen LogP contribution in [0.25, 0.3) is 0 Å². The van der Waals surface area contributed by atoms with E-state index in [-0.39, 0.29) is 12.7 Å². The van der Waals surface area contributed by atoms with Gasteiger partial charge in [-0.1, -0.05) is 35.9 Å². The van der Waals surface area contributed by atoms with Crippen LogP contribution in [0.3, 0.4) is 0 Å². The van der Waals surface area contributed by atoms with Gasteiger partial charge in [-0.3, -0.25) is 19.1 Å². The van der Waals surface area contributed by atoms with Crippen LogP contribution in [-0.2, 0) is 19.6 Å². The molecular formula is C24H24N4O4. The number of fused-ring (bicyclic) bond motifs is 4. The molecule has 1 fully saturated rings. The van der Waals surface area contributed by atoms with Crippen molar-refractivity contribution in [3.05, 3.63) is 85.7 Å². The van der Waals surface area contributed by atoms with Crippen LogP contribution < -0.4 is 20.6 Å². The van der Waals surface area contributed by atoms with Crippen LogP contribution in [0.1, 0.15) is 28.4 Å². The molecule has 1 saturated heterocycles. The highest BCUT2D eigenvalue weighted by Gasteiger charge is 2.42. The Morgan fingerprint density at radius 1 is 0.906 bits per heavy atom. The third-order valence-corrected chi connectivity index (χ3v) is 6.72. The van der Waals surface area contributed by atoms with Gasteiger partial charge < -0.3 is 9.47 Å². The second-order valence-corrected chi connectivity index (χ2v) is 8.97. The van der Waals surface area contributed by atoms with Gasteiger partial charge in [0.15, 0.2) is 11.5 Å². The molecule has 0 spiro atoms. The summed E-state index contributed by atoms with van der Waals surface area (Å²) in [6.07, 6.45) is 0. The lowest BCUT2D eigenvalue weighted by atomic mass is 10.00. The molecule has 8 heteroatoms. The Hall–Kier alpha value is -3.39. The van der Waals surface area contributed by atoms with Crippen molar-refractivity contribution in [2.24, 2.45) is 5.92 Å². The van der Waals surface area contributed by atoms with Gasteiger partial charge in [0.1, 0.15) is 5.82 Å². The molecule has 3 aliphatic rings. The average molecular weight is 432 g/mol. The number of rotatable bonds is 4. The van der Waals surface area contributed by atoms with Crippen LogP contribution in [0.15, 0.2) is 52.1 Å². The molecule has 3 aromatic rings. The van der Waals surface area contributed by atoms with Crippen molar-refractivity contribution in [2.45, 2.75) is 32.5 Å². The quantitative estimate of drug-likeness (QED) is 0.585. The summed E-state index contributed by atoms with van der Waals surface area (Å²) in [7, 11) is 0. The molecule has 2 atom stereocenters. The zero-order valence-electron chi connectivity index (χ0n) is 17.9. The number of hydrogen-bond acceptors (Lipinski definition) is 6. The molecule has 32 heavy (non-hydrogen) atoms. The number of hydrogen-bond donors (Lipinski definition) is 0. The fourth-order valence-electron chi connectivity index (χ4n) is 5.08. The molecule has 164 valence electrons. The lowest BCUT2D eigenvalue weighted by Crippen LogP contribution is -2.44. The van der Waals surface area contributed by atoms with E-state index in [1.165, 1.54) is 10.2 Å². The maximum absolute atomic E-state index is 12.8. The van der Waals surface area contributed by atoms with Crippen molar-refractivity contribution in [1.82, 2.24) is 19.2 Å². The summed E-state index contributed by atoms with van der Waals surface area (Å²) in [5.41, 5.74) is 2.27. The molecule has 0 aliphatic carbocycles. The minimum Gasteiger partial charge on any atom is -0.454 e. The first-order valence-electron chi connectivity index (χ1n) is 10.9. The fraction of sp³-hybridized carbons (Fsp3) is 0.375. The Labute approximate surface area is 184 Å². The Morgan fingerprint density at radius 3 is 2.53 bits per heavy atom. The minimum atomic E-state index is -0.550. The molecule has 0 N–H and O–H groups in total. The molecular weight excluding hydrogens is 408 g/mol. The summed E-state index contributed by atoms with van der Waals surface area (Å²) in [6.45, 7) is 5.64. The number of likely N-dealkylation sites (tertiary alicyclic amines) is 1. The molecule has 4 heterocycles. The van der Waals surface area contributed by atoms with Gasteiger partial charge in [-0.25, -0.2) is 4.68 Å². The van der Waals surface area contributed by atoms with Gasteiger partial charge in [0.25, 0.3) is 0 Å². The molecule has 2 aromatic carbocycles. The van der Waals surface area contributed by atoms with Crippen molar-refractivity contribution in [3.63, 3.8) is 0 Å². The molecule has 1 aromatic heterocycles. The van der Waals surface area contributed by atoms with E-state index in [1.54, 1.807) is 4.57 Å². The Bertz CT molecular complexity index is 1310. The average Bonchev–Trinajstić information content (AvgIpc) is 3.48. The third kappa shape index (κ3) is 3.22. The molecule has 0 saturated carbocycles. The van der Waals surface area contributed by atoms with Crippen LogP contribution in [0.5, 0.6) is 11.5 Å². The second-order valence-electron chi connectivity index (χ2n) is 8.97. The van der Waals surface area contributed by atoms with E-state index in [1.807, 2.05) is 43.3 Å². The van der Waals surface area contributed by atoms with E-state index in [4.69, 9.17) is 9.47 Å². The number of benzene rings is 2. The molecule has 0 bridgehead atoms. The van der Waals surface area contributed by atoms with Crippen molar-refractivity contribution in [2.75, 3.05) is 19.9 Å². The van der Waals surface area contributed by atoms with E-state index in [0.29, 0.717) is 19.0 Å². The van der Waals surface area contributed by atoms with Crippen molar-refractivity contribution < 1.29 is 9.47 Å². The normalized spacial score (nSPS) is 21.0. The predicted molar refractivity (Wildman–Crippen MR) is 117 cm³/mol. The number of ether oxygens (including phenoxy) is 2.